The number of likely N-dealkylation sites (tertiary alicyclic amines) is 1. The highest BCUT2D eigenvalue weighted by Gasteiger charge is 2.45. The Labute approximate surface area is 410 Å². The maximum atomic E-state index is 15.1. The molecule has 3 aromatic rings. The summed E-state index contributed by atoms with van der Waals surface area (Å²) in [7, 11) is 1.86. The fourth-order valence-corrected chi connectivity index (χ4v) is 10.6. The number of piperidine rings is 1. The molecule has 0 bridgehead atoms. The molecule has 7 rings (SSSR count). The van der Waals surface area contributed by atoms with Crippen molar-refractivity contribution in [2.45, 2.75) is 121 Å². The van der Waals surface area contributed by atoms with Crippen molar-refractivity contribution < 1.29 is 51.2 Å². The lowest BCUT2D eigenvalue weighted by Gasteiger charge is -2.44. The number of quaternary nitrogens is 1. The number of benzene rings is 1. The summed E-state index contributed by atoms with van der Waals surface area (Å²) in [5.41, 5.74) is -0.377. The lowest BCUT2D eigenvalue weighted by molar-refractivity contribution is -0.949. The maximum Gasteiger partial charge on any atom is 0.416 e. The number of hydrogen-bond donors (Lipinski definition) is 3. The molecule has 4 aliphatic rings. The largest absolute Gasteiger partial charge is 0.416 e. The molecule has 0 radical (unpaired) electrons. The lowest BCUT2D eigenvalue weighted by atomic mass is 9.76. The van der Waals surface area contributed by atoms with Gasteiger partial charge in [0.1, 0.15) is 36.6 Å². The molecule has 2 fully saturated rings. The van der Waals surface area contributed by atoms with Crippen molar-refractivity contribution in [2.75, 3.05) is 50.2 Å². The summed E-state index contributed by atoms with van der Waals surface area (Å²) in [5, 5.41) is 17.4. The van der Waals surface area contributed by atoms with Gasteiger partial charge in [-0.3, -0.25) is 38.6 Å². The van der Waals surface area contributed by atoms with E-state index >= 15 is 13.2 Å². The summed E-state index contributed by atoms with van der Waals surface area (Å²) in [6, 6.07) is 4.50. The molecule has 1 aromatic carbocycles. The number of alkyl halides is 3. The van der Waals surface area contributed by atoms with Gasteiger partial charge in [0.2, 0.25) is 17.7 Å². The average Bonchev–Trinajstić information content (AvgIpc) is 3.96. The quantitative estimate of drug-likeness (QED) is 0.0565. The second-order valence-electron chi connectivity index (χ2n) is 19.7. The molecule has 0 spiro atoms. The van der Waals surface area contributed by atoms with Crippen LogP contribution in [0.15, 0.2) is 47.8 Å². The number of halogens is 3. The number of carbonyl (C=O) groups is 6. The third kappa shape index (κ3) is 11.9. The van der Waals surface area contributed by atoms with Crippen LogP contribution in [0.1, 0.15) is 112 Å². The molecule has 6 amide bonds. The van der Waals surface area contributed by atoms with E-state index in [1.165, 1.54) is 35.7 Å². The molecular formula is C49H64F3N10O7S+. The van der Waals surface area contributed by atoms with E-state index in [9.17, 15) is 28.8 Å². The number of amides is 6. The highest BCUT2D eigenvalue weighted by Crippen LogP contribution is 2.43. The SMILES string of the molecule is CCSc1cc(C2(Cc3nncn3C)COC2)cc(N2Cc3c(cc(C[N+]4(CNC(=O)C(C)NC(=O)C(NC(=O)CCCCCN5C(=O)C=CC5=O)C(C)C)CCC[C@H](C)C4)cc3C(F)(F)F)C2=O)n1. The van der Waals surface area contributed by atoms with Crippen LogP contribution in [-0.2, 0) is 66.9 Å². The molecule has 21 heteroatoms. The van der Waals surface area contributed by atoms with E-state index in [1.807, 2.05) is 24.6 Å². The fourth-order valence-electron chi connectivity index (χ4n) is 9.93. The summed E-state index contributed by atoms with van der Waals surface area (Å²) < 4.78 is 53.2. The van der Waals surface area contributed by atoms with Gasteiger partial charge in [-0.25, -0.2) is 4.98 Å². The number of anilines is 1. The predicted molar refractivity (Wildman–Crippen MR) is 254 cm³/mol. The number of carbonyl (C=O) groups excluding carboxylic acids is 6. The number of fused-ring (bicyclic) bond motifs is 1. The molecule has 4 aliphatic heterocycles. The number of thioether (sulfide) groups is 1. The number of ether oxygens (including phenoxy) is 1. The zero-order chi connectivity index (χ0) is 50.5. The topological polar surface area (TPSA) is 198 Å². The van der Waals surface area contributed by atoms with Gasteiger partial charge in [-0.05, 0) is 79.7 Å². The summed E-state index contributed by atoms with van der Waals surface area (Å²) in [4.78, 5) is 85.3. The van der Waals surface area contributed by atoms with E-state index < -0.39 is 47.0 Å². The average molecular weight is 994 g/mol. The van der Waals surface area contributed by atoms with Crippen LogP contribution in [0.25, 0.3) is 0 Å². The number of aromatic nitrogens is 4. The normalized spacial score (nSPS) is 20.7. The van der Waals surface area contributed by atoms with Gasteiger partial charge in [-0.2, -0.15) is 13.2 Å². The van der Waals surface area contributed by atoms with Crippen molar-refractivity contribution in [1.82, 2.24) is 40.6 Å². The van der Waals surface area contributed by atoms with Crippen LogP contribution in [0.4, 0.5) is 19.0 Å². The van der Waals surface area contributed by atoms with Gasteiger partial charge in [0.05, 0.1) is 43.4 Å². The van der Waals surface area contributed by atoms with Crippen LogP contribution in [-0.4, -0.2) is 122 Å². The number of imide groups is 1. The first-order valence-electron chi connectivity index (χ1n) is 24.1. The molecule has 0 aliphatic carbocycles. The van der Waals surface area contributed by atoms with E-state index in [0.29, 0.717) is 68.3 Å². The highest BCUT2D eigenvalue weighted by molar-refractivity contribution is 7.99. The first-order chi connectivity index (χ1) is 33.2. The molecule has 17 nitrogen and oxygen atoms in total. The van der Waals surface area contributed by atoms with E-state index in [-0.39, 0.29) is 83.7 Å². The molecule has 70 heavy (non-hydrogen) atoms. The van der Waals surface area contributed by atoms with Gasteiger partial charge in [-0.15, -0.1) is 22.0 Å². The monoisotopic (exact) mass is 993 g/mol. The van der Waals surface area contributed by atoms with Crippen molar-refractivity contribution in [3.63, 3.8) is 0 Å². The molecule has 3 unspecified atom stereocenters. The number of unbranched alkanes of at least 4 members (excludes halogenated alkanes) is 2. The summed E-state index contributed by atoms with van der Waals surface area (Å²) in [6.07, 6.45) is 3.19. The maximum absolute atomic E-state index is 15.1. The number of aryl methyl sites for hydroxylation is 1. The standard InChI is InChI=1S/C49H63F3N10O7S/c1-7-70-41-21-34(48(26-69-27-48)22-39-58-54-28-59(39)6)20-38(56-41)61-23-36-35(47(61)68)18-33(19-37(36)49(50,51)52)25-62(17-11-12-31(4)24-62)29-53-45(66)32(5)55-46(67)44(30(2)3)57-40(63)13-9-8-10-16-60-42(64)14-15-43(60)65/h14-15,18-21,28,30-32,44H,7-13,16-17,22-27,29H2,1-6H3,(H2-,53,55,57,63,66,67)/p+1/t31-,32?,44?,62?/m0/s1. The number of pyridine rings is 1. The Balaban J connectivity index is 1.03. The van der Waals surface area contributed by atoms with Crippen LogP contribution in [0.5, 0.6) is 0 Å². The number of nitrogens with zero attached hydrogens (tertiary/aromatic N) is 7. The van der Waals surface area contributed by atoms with Gasteiger partial charge in [0.15, 0.2) is 6.67 Å². The van der Waals surface area contributed by atoms with E-state index in [2.05, 4.69) is 33.1 Å². The smallest absolute Gasteiger partial charge is 0.379 e. The zero-order valence-electron chi connectivity index (χ0n) is 40.7. The second-order valence-corrected chi connectivity index (χ2v) is 21.0. The summed E-state index contributed by atoms with van der Waals surface area (Å²) >= 11 is 1.47. The molecule has 2 aromatic heterocycles. The van der Waals surface area contributed by atoms with Crippen molar-refractivity contribution in [1.29, 1.82) is 0 Å². The van der Waals surface area contributed by atoms with Crippen LogP contribution in [0, 0.1) is 11.8 Å². The number of hydrogen-bond acceptors (Lipinski definition) is 11. The Morgan fingerprint density at radius 1 is 1.00 bits per heavy atom. The van der Waals surface area contributed by atoms with Crippen molar-refractivity contribution >= 4 is 53.0 Å². The van der Waals surface area contributed by atoms with Crippen molar-refractivity contribution in [2.24, 2.45) is 18.9 Å². The lowest BCUT2D eigenvalue weighted by Crippen LogP contribution is -2.60. The minimum Gasteiger partial charge on any atom is -0.379 e. The Kier molecular flexibility index (Phi) is 16.2. The first-order valence-corrected chi connectivity index (χ1v) is 25.1. The van der Waals surface area contributed by atoms with Gasteiger partial charge >= 0.3 is 6.18 Å². The third-order valence-electron chi connectivity index (χ3n) is 13.8. The number of nitrogens with one attached hydrogen (secondary N) is 3. The Morgan fingerprint density at radius 2 is 1.74 bits per heavy atom. The molecule has 2 saturated heterocycles. The first kappa shape index (κ1) is 52.2. The highest BCUT2D eigenvalue weighted by atomic mass is 32.2. The predicted octanol–water partition coefficient (Wildman–Crippen LogP) is 4.96. The van der Waals surface area contributed by atoms with Crippen LogP contribution >= 0.6 is 11.8 Å². The third-order valence-corrected chi connectivity index (χ3v) is 14.6. The Bertz CT molecular complexity index is 2490. The minimum atomic E-state index is -4.77. The number of rotatable bonds is 21. The minimum absolute atomic E-state index is 0.0384. The molecule has 0 saturated carbocycles. The fraction of sp³-hybridized carbons (Fsp3) is 0.571. The summed E-state index contributed by atoms with van der Waals surface area (Å²) in [6.45, 7) is 11.1. The van der Waals surface area contributed by atoms with Crippen molar-refractivity contribution in [3.8, 4) is 0 Å². The summed E-state index contributed by atoms with van der Waals surface area (Å²) in [5.74, 6) is -1.13. The van der Waals surface area contributed by atoms with E-state index in [1.54, 1.807) is 32.3 Å². The van der Waals surface area contributed by atoms with Crippen molar-refractivity contribution in [3.05, 3.63) is 76.4 Å². The van der Waals surface area contributed by atoms with Crippen LogP contribution < -0.4 is 20.9 Å². The molecule has 4 atom stereocenters. The molecule has 6 heterocycles. The van der Waals surface area contributed by atoms with Gasteiger partial charge in [-0.1, -0.05) is 34.1 Å². The van der Waals surface area contributed by atoms with Gasteiger partial charge < -0.3 is 29.7 Å². The van der Waals surface area contributed by atoms with Crippen LogP contribution in [0.3, 0.4) is 0 Å². The Morgan fingerprint density at radius 3 is 2.37 bits per heavy atom. The Hall–Kier alpha value is -5.67. The molecule has 3 N–H and O–H groups in total. The zero-order valence-corrected chi connectivity index (χ0v) is 41.5. The van der Waals surface area contributed by atoms with Crippen LogP contribution in [0.2, 0.25) is 0 Å². The van der Waals surface area contributed by atoms with Gasteiger partial charge in [0.25, 0.3) is 17.7 Å². The van der Waals surface area contributed by atoms with E-state index in [4.69, 9.17) is 9.72 Å². The second kappa shape index (κ2) is 21.8. The van der Waals surface area contributed by atoms with E-state index in [0.717, 1.165) is 35.2 Å². The molecule has 378 valence electrons. The molecular weight excluding hydrogens is 930 g/mol. The van der Waals surface area contributed by atoms with Gasteiger partial charge in [0, 0.05) is 61.0 Å².